The highest BCUT2D eigenvalue weighted by Gasteiger charge is 2.23. The Balaban J connectivity index is 3.22. The predicted molar refractivity (Wildman–Crippen MR) is 90.1 cm³/mol. The molecule has 0 aliphatic rings. The minimum absolute atomic E-state index is 0.0120. The lowest BCUT2D eigenvalue weighted by Crippen LogP contribution is -2.33. The Labute approximate surface area is 145 Å². The standard InChI is InChI=1S/C15H20N2O7S/c1-10(18)16-6-7-17-25(21,22)13-9-11(4-5-14(19)20)8-12(23-2)15(13)24-3/h4-5,8-9,17H,6-7H2,1-3H3,(H,16,18)(H,19,20)/b5-4+. The van der Waals surface area contributed by atoms with Crippen LogP contribution in [0.15, 0.2) is 23.1 Å². The third-order valence-corrected chi connectivity index (χ3v) is 4.43. The lowest BCUT2D eigenvalue weighted by molar-refractivity contribution is -0.131. The average Bonchev–Trinajstić information content (AvgIpc) is 2.55. The van der Waals surface area contributed by atoms with E-state index in [1.54, 1.807) is 0 Å². The molecule has 0 aliphatic heterocycles. The second kappa shape index (κ2) is 9.04. The van der Waals surface area contributed by atoms with Crippen molar-refractivity contribution < 1.29 is 32.6 Å². The van der Waals surface area contributed by atoms with E-state index in [9.17, 15) is 18.0 Å². The van der Waals surface area contributed by atoms with Crippen LogP contribution in [-0.4, -0.2) is 52.7 Å². The van der Waals surface area contributed by atoms with Crippen LogP contribution in [0, 0.1) is 0 Å². The van der Waals surface area contributed by atoms with Crippen molar-refractivity contribution in [2.24, 2.45) is 0 Å². The average molecular weight is 372 g/mol. The predicted octanol–water partition coefficient (Wildman–Crippen LogP) is 0.216. The number of aliphatic carboxylic acids is 1. The molecule has 1 amide bonds. The molecule has 0 bridgehead atoms. The SMILES string of the molecule is COc1cc(/C=C/C(=O)O)cc(S(=O)(=O)NCCNC(C)=O)c1OC. The largest absolute Gasteiger partial charge is 0.493 e. The molecule has 1 aromatic rings. The number of ether oxygens (including phenoxy) is 2. The van der Waals surface area contributed by atoms with Crippen molar-refractivity contribution in [1.82, 2.24) is 10.0 Å². The summed E-state index contributed by atoms with van der Waals surface area (Å²) in [6, 6.07) is 2.72. The molecule has 0 heterocycles. The van der Waals surface area contributed by atoms with Crippen LogP contribution >= 0.6 is 0 Å². The monoisotopic (exact) mass is 372 g/mol. The van der Waals surface area contributed by atoms with Gasteiger partial charge in [-0.25, -0.2) is 17.9 Å². The molecule has 0 aromatic heterocycles. The Morgan fingerprint density at radius 3 is 2.40 bits per heavy atom. The first-order valence-electron chi connectivity index (χ1n) is 7.12. The number of sulfonamides is 1. The van der Waals surface area contributed by atoms with Crippen molar-refractivity contribution in [1.29, 1.82) is 0 Å². The van der Waals surface area contributed by atoms with Crippen LogP contribution in [0.3, 0.4) is 0 Å². The molecule has 0 fully saturated rings. The summed E-state index contributed by atoms with van der Waals surface area (Å²) in [6.07, 6.45) is 2.11. The van der Waals surface area contributed by atoms with Crippen molar-refractivity contribution in [3.8, 4) is 11.5 Å². The van der Waals surface area contributed by atoms with E-state index in [4.69, 9.17) is 14.6 Å². The number of hydrogen-bond donors (Lipinski definition) is 3. The van der Waals surface area contributed by atoms with Gasteiger partial charge in [0.2, 0.25) is 15.9 Å². The number of hydrogen-bond acceptors (Lipinski definition) is 6. The van der Waals surface area contributed by atoms with Gasteiger partial charge in [0.1, 0.15) is 4.90 Å². The molecular weight excluding hydrogens is 352 g/mol. The van der Waals surface area contributed by atoms with Crippen LogP contribution in [-0.2, 0) is 19.6 Å². The smallest absolute Gasteiger partial charge is 0.328 e. The van der Waals surface area contributed by atoms with Crippen LogP contribution in [0.4, 0.5) is 0 Å². The number of carboxylic acids is 1. The van der Waals surface area contributed by atoms with Gasteiger partial charge in [0.15, 0.2) is 11.5 Å². The fourth-order valence-electron chi connectivity index (χ4n) is 1.91. The molecule has 0 spiro atoms. The van der Waals surface area contributed by atoms with E-state index in [0.29, 0.717) is 5.56 Å². The number of rotatable bonds is 9. The van der Waals surface area contributed by atoms with E-state index < -0.39 is 16.0 Å². The van der Waals surface area contributed by atoms with Crippen LogP contribution in [0.5, 0.6) is 11.5 Å². The normalized spacial score (nSPS) is 11.3. The number of carbonyl (C=O) groups is 2. The first-order chi connectivity index (χ1) is 11.7. The third kappa shape index (κ3) is 6.08. The van der Waals surface area contributed by atoms with Gasteiger partial charge in [-0.3, -0.25) is 4.79 Å². The van der Waals surface area contributed by atoms with Crippen molar-refractivity contribution in [2.75, 3.05) is 27.3 Å². The maximum atomic E-state index is 12.5. The van der Waals surface area contributed by atoms with Crippen molar-refractivity contribution in [3.63, 3.8) is 0 Å². The zero-order valence-corrected chi connectivity index (χ0v) is 14.8. The molecule has 1 rings (SSSR count). The Kier molecular flexibility index (Phi) is 7.40. The quantitative estimate of drug-likeness (QED) is 0.417. The van der Waals surface area contributed by atoms with E-state index in [0.717, 1.165) is 6.08 Å². The summed E-state index contributed by atoms with van der Waals surface area (Å²) in [5.41, 5.74) is 0.308. The Morgan fingerprint density at radius 1 is 1.20 bits per heavy atom. The van der Waals surface area contributed by atoms with Crippen LogP contribution in [0.2, 0.25) is 0 Å². The topological polar surface area (TPSA) is 131 Å². The van der Waals surface area contributed by atoms with Gasteiger partial charge in [0.25, 0.3) is 0 Å². The molecule has 10 heteroatoms. The molecule has 3 N–H and O–H groups in total. The van der Waals surface area contributed by atoms with E-state index >= 15 is 0 Å². The number of carbonyl (C=O) groups excluding carboxylic acids is 1. The van der Waals surface area contributed by atoms with E-state index in [-0.39, 0.29) is 35.4 Å². The number of amides is 1. The van der Waals surface area contributed by atoms with Gasteiger partial charge in [-0.1, -0.05) is 0 Å². The molecule has 0 aliphatic carbocycles. The van der Waals surface area contributed by atoms with Crippen LogP contribution in [0.1, 0.15) is 12.5 Å². The van der Waals surface area contributed by atoms with Crippen molar-refractivity contribution in [2.45, 2.75) is 11.8 Å². The fourth-order valence-corrected chi connectivity index (χ4v) is 3.16. The van der Waals surface area contributed by atoms with Crippen molar-refractivity contribution in [3.05, 3.63) is 23.8 Å². The number of carboxylic acid groups (broad SMARTS) is 1. The first kappa shape index (κ1) is 20.5. The van der Waals surface area contributed by atoms with E-state index in [1.807, 2.05) is 0 Å². The molecule has 0 radical (unpaired) electrons. The van der Waals surface area contributed by atoms with Gasteiger partial charge in [-0.2, -0.15) is 0 Å². The molecule has 0 saturated heterocycles. The van der Waals surface area contributed by atoms with Gasteiger partial charge in [-0.05, 0) is 23.8 Å². The summed E-state index contributed by atoms with van der Waals surface area (Å²) in [4.78, 5) is 21.3. The molecule has 9 nitrogen and oxygen atoms in total. The van der Waals surface area contributed by atoms with Crippen LogP contribution < -0.4 is 19.5 Å². The Morgan fingerprint density at radius 2 is 1.88 bits per heavy atom. The van der Waals surface area contributed by atoms with E-state index in [1.165, 1.54) is 39.4 Å². The zero-order valence-electron chi connectivity index (χ0n) is 14.0. The first-order valence-corrected chi connectivity index (χ1v) is 8.60. The summed E-state index contributed by atoms with van der Waals surface area (Å²) in [5, 5.41) is 11.2. The second-order valence-electron chi connectivity index (χ2n) is 4.81. The minimum Gasteiger partial charge on any atom is -0.493 e. The van der Waals surface area contributed by atoms with Crippen molar-refractivity contribution >= 4 is 28.0 Å². The van der Waals surface area contributed by atoms with Crippen LogP contribution in [0.25, 0.3) is 6.08 Å². The van der Waals surface area contributed by atoms with Gasteiger partial charge < -0.3 is 19.9 Å². The van der Waals surface area contributed by atoms with Gasteiger partial charge in [-0.15, -0.1) is 0 Å². The summed E-state index contributed by atoms with van der Waals surface area (Å²) >= 11 is 0. The minimum atomic E-state index is -3.98. The summed E-state index contributed by atoms with van der Waals surface area (Å²) < 4.78 is 37.6. The molecule has 0 saturated carbocycles. The molecule has 1 aromatic carbocycles. The molecular formula is C15H20N2O7S. The van der Waals surface area contributed by atoms with Gasteiger partial charge >= 0.3 is 5.97 Å². The van der Waals surface area contributed by atoms with E-state index in [2.05, 4.69) is 10.0 Å². The molecule has 0 unspecified atom stereocenters. The molecule has 138 valence electrons. The summed E-state index contributed by atoms with van der Waals surface area (Å²) in [6.45, 7) is 1.41. The highest BCUT2D eigenvalue weighted by Crippen LogP contribution is 2.35. The Hall–Kier alpha value is -2.59. The zero-order chi connectivity index (χ0) is 19.0. The lowest BCUT2D eigenvalue weighted by atomic mass is 10.2. The van der Waals surface area contributed by atoms with Gasteiger partial charge in [0.05, 0.1) is 14.2 Å². The highest BCUT2D eigenvalue weighted by molar-refractivity contribution is 7.89. The summed E-state index contributed by atoms with van der Waals surface area (Å²) in [7, 11) is -1.35. The summed E-state index contributed by atoms with van der Waals surface area (Å²) in [5.74, 6) is -1.33. The highest BCUT2D eigenvalue weighted by atomic mass is 32.2. The maximum Gasteiger partial charge on any atom is 0.328 e. The third-order valence-electron chi connectivity index (χ3n) is 2.97. The molecule has 25 heavy (non-hydrogen) atoms. The Bertz CT molecular complexity index is 772. The molecule has 0 atom stereocenters. The number of benzene rings is 1. The lowest BCUT2D eigenvalue weighted by Gasteiger charge is -2.15. The van der Waals surface area contributed by atoms with Gasteiger partial charge in [0, 0.05) is 26.1 Å². The number of methoxy groups -OCH3 is 2. The number of nitrogens with one attached hydrogen (secondary N) is 2. The fraction of sp³-hybridized carbons (Fsp3) is 0.333. The maximum absolute atomic E-state index is 12.5. The second-order valence-corrected chi connectivity index (χ2v) is 6.54.